The van der Waals surface area contributed by atoms with E-state index in [2.05, 4.69) is 10.3 Å². The molecule has 1 atom stereocenters. The van der Waals surface area contributed by atoms with Crippen LogP contribution >= 0.6 is 11.3 Å². The Morgan fingerprint density at radius 3 is 3.09 bits per heavy atom. The Balaban J connectivity index is 1.83. The van der Waals surface area contributed by atoms with Crippen LogP contribution in [0, 0.1) is 5.82 Å². The monoisotopic (exact) mass is 338 g/mol. The van der Waals surface area contributed by atoms with Crippen molar-refractivity contribution >= 4 is 17.2 Å². The Labute approximate surface area is 138 Å². The summed E-state index contributed by atoms with van der Waals surface area (Å²) in [5.74, 6) is -0.475. The molecule has 2 N–H and O–H groups in total. The Bertz CT molecular complexity index is 648. The number of aliphatic hydroxyl groups excluding tert-OH is 1. The van der Waals surface area contributed by atoms with Crippen LogP contribution < -0.4 is 5.32 Å². The number of thiazole rings is 1. The highest BCUT2D eigenvalue weighted by Crippen LogP contribution is 2.24. The number of aliphatic hydroxyl groups is 1. The number of nitrogens with zero attached hydrogens (tertiary/aromatic N) is 1. The highest BCUT2D eigenvalue weighted by molar-refractivity contribution is 7.13. The average molecular weight is 338 g/mol. The van der Waals surface area contributed by atoms with Gasteiger partial charge in [-0.1, -0.05) is 12.1 Å². The molecule has 1 aromatic carbocycles. The van der Waals surface area contributed by atoms with E-state index in [4.69, 9.17) is 4.74 Å². The predicted octanol–water partition coefficient (Wildman–Crippen LogP) is 2.01. The topological polar surface area (TPSA) is 71.5 Å². The molecule has 1 unspecified atom stereocenters. The van der Waals surface area contributed by atoms with Gasteiger partial charge in [-0.2, -0.15) is 0 Å². The van der Waals surface area contributed by atoms with Crippen molar-refractivity contribution in [1.82, 2.24) is 10.3 Å². The lowest BCUT2D eigenvalue weighted by atomic mass is 10.2. The van der Waals surface area contributed by atoms with E-state index in [-0.39, 0.29) is 24.8 Å². The van der Waals surface area contributed by atoms with Gasteiger partial charge < -0.3 is 15.2 Å². The van der Waals surface area contributed by atoms with Crippen LogP contribution in [-0.2, 0) is 16.0 Å². The fourth-order valence-electron chi connectivity index (χ4n) is 2.02. The molecule has 0 aliphatic carbocycles. The molecular weight excluding hydrogens is 319 g/mol. The van der Waals surface area contributed by atoms with E-state index in [9.17, 15) is 14.3 Å². The molecule has 0 saturated heterocycles. The Hall–Kier alpha value is -1.83. The number of aromatic nitrogens is 1. The lowest BCUT2D eigenvalue weighted by Gasteiger charge is -2.09. The van der Waals surface area contributed by atoms with E-state index in [1.807, 2.05) is 0 Å². The quantitative estimate of drug-likeness (QED) is 0.772. The minimum absolute atomic E-state index is 0.159. The summed E-state index contributed by atoms with van der Waals surface area (Å²) in [4.78, 5) is 16.2. The zero-order chi connectivity index (χ0) is 16.7. The van der Waals surface area contributed by atoms with Crippen LogP contribution in [0.1, 0.15) is 12.1 Å². The van der Waals surface area contributed by atoms with Gasteiger partial charge in [0.15, 0.2) is 0 Å². The van der Waals surface area contributed by atoms with E-state index >= 15 is 0 Å². The molecule has 0 aliphatic rings. The number of ether oxygens (including phenoxy) is 1. The van der Waals surface area contributed by atoms with Crippen LogP contribution in [0.3, 0.4) is 0 Å². The molecule has 2 rings (SSSR count). The molecule has 7 heteroatoms. The number of rotatable bonds is 8. The van der Waals surface area contributed by atoms with Crippen molar-refractivity contribution in [3.63, 3.8) is 0 Å². The number of hydrogen-bond donors (Lipinski definition) is 2. The molecule has 1 amide bonds. The van der Waals surface area contributed by atoms with Crippen molar-refractivity contribution in [3.8, 4) is 10.6 Å². The van der Waals surface area contributed by atoms with Crippen molar-refractivity contribution < 1.29 is 19.0 Å². The summed E-state index contributed by atoms with van der Waals surface area (Å²) >= 11 is 1.37. The number of carbonyl (C=O) groups excluding carboxylic acids is 1. The maximum Gasteiger partial charge on any atom is 0.226 e. The van der Waals surface area contributed by atoms with Crippen LogP contribution in [0.5, 0.6) is 0 Å². The smallest absolute Gasteiger partial charge is 0.226 e. The fraction of sp³-hybridized carbons (Fsp3) is 0.375. The van der Waals surface area contributed by atoms with E-state index in [0.29, 0.717) is 29.2 Å². The lowest BCUT2D eigenvalue weighted by Crippen LogP contribution is -2.29. The maximum absolute atomic E-state index is 13.2. The van der Waals surface area contributed by atoms with Gasteiger partial charge in [-0.15, -0.1) is 11.3 Å². The second-order valence-electron chi connectivity index (χ2n) is 5.08. The van der Waals surface area contributed by atoms with Gasteiger partial charge in [0, 0.05) is 24.6 Å². The molecule has 124 valence electrons. The Morgan fingerprint density at radius 2 is 2.35 bits per heavy atom. The normalized spacial score (nSPS) is 12.1. The summed E-state index contributed by atoms with van der Waals surface area (Å²) in [7, 11) is 1.51. The first-order valence-corrected chi connectivity index (χ1v) is 8.10. The molecule has 0 saturated carbocycles. The summed E-state index contributed by atoms with van der Waals surface area (Å²) in [6.07, 6.45) is 0.0105. The average Bonchev–Trinajstić information content (AvgIpc) is 2.96. The molecule has 0 fully saturated rings. The second-order valence-corrected chi connectivity index (χ2v) is 5.94. The summed E-state index contributed by atoms with van der Waals surface area (Å²) in [5, 5.41) is 14.7. The number of hydrogen-bond acceptors (Lipinski definition) is 5. The fourth-order valence-corrected chi connectivity index (χ4v) is 2.84. The number of nitrogens with one attached hydrogen (secondary N) is 1. The Morgan fingerprint density at radius 1 is 1.52 bits per heavy atom. The largest absolute Gasteiger partial charge is 0.391 e. The van der Waals surface area contributed by atoms with Gasteiger partial charge in [-0.25, -0.2) is 9.37 Å². The van der Waals surface area contributed by atoms with Crippen molar-refractivity contribution in [3.05, 3.63) is 41.2 Å². The molecule has 2 aromatic rings. The third-order valence-corrected chi connectivity index (χ3v) is 4.06. The standard InChI is InChI=1S/C16H19FN2O3S/c1-22-9-14(20)5-6-18-15(21)8-13-10-23-16(19-13)11-3-2-4-12(17)7-11/h2-4,7,10,14,20H,5-6,8-9H2,1H3,(H,18,21). The zero-order valence-electron chi connectivity index (χ0n) is 12.8. The van der Waals surface area contributed by atoms with Crippen LogP contribution in [-0.4, -0.2) is 42.4 Å². The predicted molar refractivity (Wildman–Crippen MR) is 86.7 cm³/mol. The van der Waals surface area contributed by atoms with Crippen molar-refractivity contribution in [2.75, 3.05) is 20.3 Å². The summed E-state index contributed by atoms with van der Waals surface area (Å²) in [6.45, 7) is 0.628. The number of benzene rings is 1. The third-order valence-electron chi connectivity index (χ3n) is 3.12. The molecule has 1 heterocycles. The second kappa shape index (κ2) is 8.71. The van der Waals surface area contributed by atoms with Gasteiger partial charge in [-0.3, -0.25) is 4.79 Å². The lowest BCUT2D eigenvalue weighted by molar-refractivity contribution is -0.120. The maximum atomic E-state index is 13.2. The molecule has 23 heavy (non-hydrogen) atoms. The third kappa shape index (κ3) is 5.70. The first-order chi connectivity index (χ1) is 11.1. The Kier molecular flexibility index (Phi) is 6.64. The van der Waals surface area contributed by atoms with Gasteiger partial charge in [0.05, 0.1) is 24.8 Å². The summed E-state index contributed by atoms with van der Waals surface area (Å²) in [6, 6.07) is 6.20. The SMILES string of the molecule is COCC(O)CCNC(=O)Cc1csc(-c2cccc(F)c2)n1. The first kappa shape index (κ1) is 17.5. The molecule has 5 nitrogen and oxygen atoms in total. The molecule has 0 aliphatic heterocycles. The molecule has 0 radical (unpaired) electrons. The minimum atomic E-state index is -0.584. The first-order valence-electron chi connectivity index (χ1n) is 7.22. The van der Waals surface area contributed by atoms with Gasteiger partial charge in [0.25, 0.3) is 0 Å². The molecule has 0 spiro atoms. The van der Waals surface area contributed by atoms with Crippen molar-refractivity contribution in [2.45, 2.75) is 18.9 Å². The zero-order valence-corrected chi connectivity index (χ0v) is 13.6. The van der Waals surface area contributed by atoms with Gasteiger partial charge >= 0.3 is 0 Å². The molecule has 1 aromatic heterocycles. The summed E-state index contributed by atoms with van der Waals surface area (Å²) < 4.78 is 18.0. The van der Waals surface area contributed by atoms with Crippen molar-refractivity contribution in [2.24, 2.45) is 0 Å². The van der Waals surface area contributed by atoms with E-state index in [0.717, 1.165) is 0 Å². The van der Waals surface area contributed by atoms with Crippen LogP contribution in [0.15, 0.2) is 29.6 Å². The number of amides is 1. The number of carbonyl (C=O) groups is 1. The minimum Gasteiger partial charge on any atom is -0.391 e. The highest BCUT2D eigenvalue weighted by atomic mass is 32.1. The highest BCUT2D eigenvalue weighted by Gasteiger charge is 2.10. The van der Waals surface area contributed by atoms with E-state index in [1.54, 1.807) is 17.5 Å². The van der Waals surface area contributed by atoms with Gasteiger partial charge in [0.1, 0.15) is 10.8 Å². The number of halogens is 1. The molecular formula is C16H19FN2O3S. The van der Waals surface area contributed by atoms with Crippen molar-refractivity contribution in [1.29, 1.82) is 0 Å². The number of methoxy groups -OCH3 is 1. The van der Waals surface area contributed by atoms with Crippen LogP contribution in [0.25, 0.3) is 10.6 Å². The van der Waals surface area contributed by atoms with Crippen LogP contribution in [0.4, 0.5) is 4.39 Å². The van der Waals surface area contributed by atoms with E-state index in [1.165, 1.54) is 30.6 Å². The molecule has 0 bridgehead atoms. The summed E-state index contributed by atoms with van der Waals surface area (Å²) in [5.41, 5.74) is 1.34. The van der Waals surface area contributed by atoms with E-state index < -0.39 is 6.10 Å². The van der Waals surface area contributed by atoms with Gasteiger partial charge in [-0.05, 0) is 18.6 Å². The van der Waals surface area contributed by atoms with Gasteiger partial charge in [0.2, 0.25) is 5.91 Å². The van der Waals surface area contributed by atoms with Crippen LogP contribution in [0.2, 0.25) is 0 Å².